The van der Waals surface area contributed by atoms with Gasteiger partial charge in [0.25, 0.3) is 0 Å². The molecule has 3 rings (SSSR count). The smallest absolute Gasteiger partial charge is 0.338 e. The van der Waals surface area contributed by atoms with E-state index in [0.29, 0.717) is 11.1 Å². The molecule has 3 aromatic rings. The summed E-state index contributed by atoms with van der Waals surface area (Å²) in [4.78, 5) is 27.7. The Morgan fingerprint density at radius 3 is 2.46 bits per heavy atom. The van der Waals surface area contributed by atoms with Crippen LogP contribution in [0.5, 0.6) is 0 Å². The van der Waals surface area contributed by atoms with Crippen LogP contribution in [0, 0.1) is 6.92 Å². The molecule has 0 bridgehead atoms. The SMILES string of the molecule is CCc1ccc(C(=O)OCC(=O)c2c(C)[nH]c3ccccc23)cc1. The van der Waals surface area contributed by atoms with E-state index >= 15 is 0 Å². The van der Waals surface area contributed by atoms with Crippen LogP contribution in [-0.4, -0.2) is 23.3 Å². The van der Waals surface area contributed by atoms with Gasteiger partial charge in [-0.05, 0) is 37.1 Å². The molecule has 122 valence electrons. The molecule has 0 amide bonds. The lowest BCUT2D eigenvalue weighted by molar-refractivity contribution is 0.0475. The highest BCUT2D eigenvalue weighted by atomic mass is 16.5. The average molecular weight is 321 g/mol. The predicted octanol–water partition coefficient (Wildman–Crippen LogP) is 4.08. The second-order valence-corrected chi connectivity index (χ2v) is 5.72. The van der Waals surface area contributed by atoms with Gasteiger partial charge in [-0.2, -0.15) is 0 Å². The number of ether oxygens (including phenoxy) is 1. The molecule has 4 heteroatoms. The number of benzene rings is 2. The molecule has 24 heavy (non-hydrogen) atoms. The number of esters is 1. The van der Waals surface area contributed by atoms with Gasteiger partial charge in [-0.15, -0.1) is 0 Å². The predicted molar refractivity (Wildman–Crippen MR) is 93.5 cm³/mol. The van der Waals surface area contributed by atoms with Crippen molar-refractivity contribution in [2.75, 3.05) is 6.61 Å². The molecular weight excluding hydrogens is 302 g/mol. The second kappa shape index (κ2) is 6.71. The quantitative estimate of drug-likeness (QED) is 0.569. The van der Waals surface area contributed by atoms with E-state index in [2.05, 4.69) is 11.9 Å². The number of hydrogen-bond acceptors (Lipinski definition) is 3. The lowest BCUT2D eigenvalue weighted by Crippen LogP contribution is -2.14. The first kappa shape index (κ1) is 16.0. The molecule has 1 N–H and O–H groups in total. The maximum atomic E-state index is 12.5. The molecule has 2 aromatic carbocycles. The summed E-state index contributed by atoms with van der Waals surface area (Å²) >= 11 is 0. The lowest BCUT2D eigenvalue weighted by Gasteiger charge is -2.05. The number of aromatic nitrogens is 1. The number of hydrogen-bond donors (Lipinski definition) is 1. The van der Waals surface area contributed by atoms with Crippen molar-refractivity contribution in [2.24, 2.45) is 0 Å². The van der Waals surface area contributed by atoms with Crippen LogP contribution >= 0.6 is 0 Å². The highest BCUT2D eigenvalue weighted by Gasteiger charge is 2.18. The normalized spacial score (nSPS) is 10.8. The summed E-state index contributed by atoms with van der Waals surface area (Å²) in [6.07, 6.45) is 0.910. The van der Waals surface area contributed by atoms with Crippen molar-refractivity contribution >= 4 is 22.7 Å². The van der Waals surface area contributed by atoms with Crippen LogP contribution in [0.3, 0.4) is 0 Å². The molecule has 4 nitrogen and oxygen atoms in total. The molecule has 0 spiro atoms. The molecule has 0 aliphatic carbocycles. The van der Waals surface area contributed by atoms with Gasteiger partial charge in [0.1, 0.15) is 0 Å². The fourth-order valence-corrected chi connectivity index (χ4v) is 2.80. The van der Waals surface area contributed by atoms with Crippen LogP contribution < -0.4 is 0 Å². The minimum Gasteiger partial charge on any atom is -0.454 e. The average Bonchev–Trinajstić information content (AvgIpc) is 2.95. The van der Waals surface area contributed by atoms with Gasteiger partial charge in [-0.25, -0.2) is 4.79 Å². The first-order valence-corrected chi connectivity index (χ1v) is 7.96. The Labute approximate surface area is 140 Å². The summed E-state index contributed by atoms with van der Waals surface area (Å²) < 4.78 is 5.19. The number of aryl methyl sites for hydroxylation is 2. The summed E-state index contributed by atoms with van der Waals surface area (Å²) in [6, 6.07) is 14.8. The Balaban J connectivity index is 1.72. The summed E-state index contributed by atoms with van der Waals surface area (Å²) in [6.45, 7) is 3.63. The Kier molecular flexibility index (Phi) is 4.47. The lowest BCUT2D eigenvalue weighted by atomic mass is 10.1. The minimum absolute atomic E-state index is 0.205. The summed E-state index contributed by atoms with van der Waals surface area (Å²) in [5.41, 5.74) is 3.87. The Morgan fingerprint density at radius 2 is 1.75 bits per heavy atom. The standard InChI is InChI=1S/C20H19NO3/c1-3-14-8-10-15(11-9-14)20(23)24-12-18(22)19-13(2)21-17-7-5-4-6-16(17)19/h4-11,21H,3,12H2,1-2H3. The second-order valence-electron chi connectivity index (χ2n) is 5.72. The van der Waals surface area contributed by atoms with Gasteiger partial charge in [-0.1, -0.05) is 37.3 Å². The van der Waals surface area contributed by atoms with Crippen molar-refractivity contribution in [3.8, 4) is 0 Å². The minimum atomic E-state index is -0.483. The van der Waals surface area contributed by atoms with Gasteiger partial charge in [0, 0.05) is 22.2 Å². The zero-order chi connectivity index (χ0) is 17.1. The molecule has 0 radical (unpaired) electrons. The Hall–Kier alpha value is -2.88. The van der Waals surface area contributed by atoms with E-state index in [0.717, 1.165) is 28.6 Å². The number of carbonyl (C=O) groups excluding carboxylic acids is 2. The van der Waals surface area contributed by atoms with Gasteiger partial charge >= 0.3 is 5.97 Å². The van der Waals surface area contributed by atoms with E-state index in [1.165, 1.54) is 0 Å². The highest BCUT2D eigenvalue weighted by molar-refractivity contribution is 6.10. The van der Waals surface area contributed by atoms with E-state index in [9.17, 15) is 9.59 Å². The maximum absolute atomic E-state index is 12.5. The van der Waals surface area contributed by atoms with Crippen molar-refractivity contribution in [3.63, 3.8) is 0 Å². The van der Waals surface area contributed by atoms with Crippen LogP contribution in [0.15, 0.2) is 48.5 Å². The number of para-hydroxylation sites is 1. The largest absolute Gasteiger partial charge is 0.454 e. The number of rotatable bonds is 5. The molecule has 0 saturated heterocycles. The van der Waals surface area contributed by atoms with Crippen LogP contribution in [0.4, 0.5) is 0 Å². The highest BCUT2D eigenvalue weighted by Crippen LogP contribution is 2.22. The summed E-state index contributed by atoms with van der Waals surface area (Å²) in [7, 11) is 0. The van der Waals surface area contributed by atoms with Crippen LogP contribution in [0.25, 0.3) is 10.9 Å². The number of H-pyrrole nitrogens is 1. The summed E-state index contributed by atoms with van der Waals surface area (Å²) in [5.74, 6) is -0.688. The van der Waals surface area contributed by atoms with Gasteiger partial charge in [0.2, 0.25) is 5.78 Å². The number of aromatic amines is 1. The Morgan fingerprint density at radius 1 is 1.04 bits per heavy atom. The number of fused-ring (bicyclic) bond motifs is 1. The fraction of sp³-hybridized carbons (Fsp3) is 0.200. The van der Waals surface area contributed by atoms with Gasteiger partial charge in [0.15, 0.2) is 6.61 Å². The first-order valence-electron chi connectivity index (χ1n) is 7.96. The van der Waals surface area contributed by atoms with Crippen molar-refractivity contribution in [3.05, 3.63) is 70.9 Å². The number of nitrogens with one attached hydrogen (secondary N) is 1. The van der Waals surface area contributed by atoms with E-state index < -0.39 is 5.97 Å². The monoisotopic (exact) mass is 321 g/mol. The van der Waals surface area contributed by atoms with E-state index in [-0.39, 0.29) is 12.4 Å². The first-order chi connectivity index (χ1) is 11.6. The van der Waals surface area contributed by atoms with E-state index in [4.69, 9.17) is 4.74 Å². The molecule has 0 aliphatic heterocycles. The van der Waals surface area contributed by atoms with Gasteiger partial charge in [0.05, 0.1) is 5.56 Å². The molecule has 0 fully saturated rings. The topological polar surface area (TPSA) is 59.2 Å². The van der Waals surface area contributed by atoms with Crippen molar-refractivity contribution < 1.29 is 14.3 Å². The maximum Gasteiger partial charge on any atom is 0.338 e. The van der Waals surface area contributed by atoms with Crippen LogP contribution in [0.2, 0.25) is 0 Å². The molecule has 1 heterocycles. The van der Waals surface area contributed by atoms with Crippen molar-refractivity contribution in [1.29, 1.82) is 0 Å². The Bertz CT molecular complexity index is 891. The zero-order valence-corrected chi connectivity index (χ0v) is 13.8. The van der Waals surface area contributed by atoms with Crippen molar-refractivity contribution in [2.45, 2.75) is 20.3 Å². The van der Waals surface area contributed by atoms with Crippen LogP contribution in [0.1, 0.15) is 38.9 Å². The molecule has 0 atom stereocenters. The van der Waals surface area contributed by atoms with Gasteiger partial charge < -0.3 is 9.72 Å². The molecule has 0 saturated carbocycles. The third-order valence-electron chi connectivity index (χ3n) is 4.10. The van der Waals surface area contributed by atoms with E-state index in [1.807, 2.05) is 43.3 Å². The zero-order valence-electron chi connectivity index (χ0n) is 13.8. The van der Waals surface area contributed by atoms with Crippen LogP contribution in [-0.2, 0) is 11.2 Å². The molecule has 1 aromatic heterocycles. The molecule has 0 unspecified atom stereocenters. The molecular formula is C20H19NO3. The van der Waals surface area contributed by atoms with Gasteiger partial charge in [-0.3, -0.25) is 4.79 Å². The number of carbonyl (C=O) groups is 2. The summed E-state index contributed by atoms with van der Waals surface area (Å²) in [5, 5.41) is 0.850. The number of ketones is 1. The third-order valence-corrected chi connectivity index (χ3v) is 4.10. The third kappa shape index (κ3) is 3.08. The molecule has 0 aliphatic rings. The van der Waals surface area contributed by atoms with Crippen molar-refractivity contribution in [1.82, 2.24) is 4.98 Å². The fourth-order valence-electron chi connectivity index (χ4n) is 2.80. The van der Waals surface area contributed by atoms with E-state index in [1.54, 1.807) is 12.1 Å². The number of Topliss-reactive ketones (excluding diaryl/α,β-unsaturated/α-hetero) is 1.